The molecule has 0 fully saturated rings. The zero-order chi connectivity index (χ0) is 34.7. The van der Waals surface area contributed by atoms with E-state index >= 15 is 0 Å². The smallest absolute Gasteiger partial charge is 0.00259 e. The summed E-state index contributed by atoms with van der Waals surface area (Å²) >= 11 is 0. The molecule has 0 bridgehead atoms. The van der Waals surface area contributed by atoms with E-state index < -0.39 is 0 Å². The summed E-state index contributed by atoms with van der Waals surface area (Å²) in [5.74, 6) is 0. The molecular formula is C52H36. The van der Waals surface area contributed by atoms with Crippen LogP contribution < -0.4 is 0 Å². The molecule has 9 aromatic carbocycles. The molecule has 244 valence electrons. The maximum absolute atomic E-state index is 2.37. The molecule has 0 saturated heterocycles. The predicted molar refractivity (Wildman–Crippen MR) is 223 cm³/mol. The van der Waals surface area contributed by atoms with Gasteiger partial charge in [-0.3, -0.25) is 0 Å². The first kappa shape index (κ1) is 31.2. The van der Waals surface area contributed by atoms with Crippen molar-refractivity contribution in [1.29, 1.82) is 0 Å². The summed E-state index contributed by atoms with van der Waals surface area (Å²) in [5.41, 5.74) is 14.6. The van der Waals surface area contributed by atoms with Crippen LogP contribution in [0, 0.1) is 0 Å². The molecule has 9 rings (SSSR count). The second-order valence-electron chi connectivity index (χ2n) is 13.3. The summed E-state index contributed by atoms with van der Waals surface area (Å²) in [6, 6.07) is 76.8. The van der Waals surface area contributed by atoms with Crippen LogP contribution in [-0.4, -0.2) is 0 Å². The van der Waals surface area contributed by atoms with Gasteiger partial charge < -0.3 is 0 Å². The fraction of sp³-hybridized carbons (Fsp3) is 0. The van der Waals surface area contributed by atoms with Crippen molar-refractivity contribution in [2.75, 3.05) is 0 Å². The molecule has 0 aliphatic heterocycles. The molecule has 0 atom stereocenters. The van der Waals surface area contributed by atoms with E-state index in [-0.39, 0.29) is 0 Å². The van der Waals surface area contributed by atoms with Crippen molar-refractivity contribution in [3.05, 3.63) is 229 Å². The average Bonchev–Trinajstić information content (AvgIpc) is 3.23. The van der Waals surface area contributed by atoms with E-state index in [9.17, 15) is 0 Å². The van der Waals surface area contributed by atoms with Crippen molar-refractivity contribution < 1.29 is 0 Å². The lowest BCUT2D eigenvalue weighted by Crippen LogP contribution is -1.92. The number of fused-ring (bicyclic) bond motifs is 2. The molecule has 0 aromatic heterocycles. The molecule has 0 amide bonds. The lowest BCUT2D eigenvalue weighted by Gasteiger charge is -2.19. The van der Waals surface area contributed by atoms with E-state index in [0.29, 0.717) is 0 Å². The summed E-state index contributed by atoms with van der Waals surface area (Å²) in [7, 11) is 0. The third kappa shape index (κ3) is 6.02. The lowest BCUT2D eigenvalue weighted by molar-refractivity contribution is 1.55. The highest BCUT2D eigenvalue weighted by molar-refractivity contribution is 6.21. The van der Waals surface area contributed by atoms with Crippen LogP contribution in [0.3, 0.4) is 0 Å². The standard InChI is InChI=1S/C52H36/c1-5-17-38(18-6-1)43-34-44(39-19-7-2-8-20-39)36-45(35-43)52-48-27-15-13-25-46(48)51(47-26-14-16-28-49(47)52)42-31-29-37(30-32-42)33-50(40-21-9-3-10-22-40)41-23-11-4-12-24-41/h1-36H. The van der Waals surface area contributed by atoms with Gasteiger partial charge in [-0.25, -0.2) is 0 Å². The zero-order valence-corrected chi connectivity index (χ0v) is 28.8. The largest absolute Gasteiger partial charge is 0.0622 e. The minimum absolute atomic E-state index is 1.17. The van der Waals surface area contributed by atoms with E-state index in [1.807, 2.05) is 0 Å². The molecule has 0 spiro atoms. The first-order chi connectivity index (χ1) is 25.8. The average molecular weight is 661 g/mol. The minimum atomic E-state index is 1.17. The molecular weight excluding hydrogens is 625 g/mol. The molecule has 0 aliphatic rings. The topological polar surface area (TPSA) is 0 Å². The van der Waals surface area contributed by atoms with Gasteiger partial charge in [0.2, 0.25) is 0 Å². The van der Waals surface area contributed by atoms with E-state index in [0.717, 1.165) is 0 Å². The molecule has 0 saturated carbocycles. The van der Waals surface area contributed by atoms with Gasteiger partial charge >= 0.3 is 0 Å². The SMILES string of the molecule is C(=C(c1ccccc1)c1ccccc1)c1ccc(-c2c3ccccc3c(-c3cc(-c4ccccc4)cc(-c4ccccc4)c3)c3ccccc23)cc1. The van der Waals surface area contributed by atoms with Crippen LogP contribution in [0.25, 0.3) is 77.7 Å². The predicted octanol–water partition coefficient (Wildman–Crippen LogP) is 14.2. The summed E-state index contributed by atoms with van der Waals surface area (Å²) in [6.45, 7) is 0. The second-order valence-corrected chi connectivity index (χ2v) is 13.3. The van der Waals surface area contributed by atoms with Crippen LogP contribution >= 0.6 is 0 Å². The molecule has 0 nitrogen and oxygen atoms in total. The number of rotatable bonds is 7. The van der Waals surface area contributed by atoms with Crippen molar-refractivity contribution in [2.45, 2.75) is 0 Å². The summed E-state index contributed by atoms with van der Waals surface area (Å²) in [5, 5.41) is 5.00. The van der Waals surface area contributed by atoms with Gasteiger partial charge in [-0.05, 0) is 113 Å². The van der Waals surface area contributed by atoms with Gasteiger partial charge in [-0.2, -0.15) is 0 Å². The summed E-state index contributed by atoms with van der Waals surface area (Å²) in [6.07, 6.45) is 2.30. The van der Waals surface area contributed by atoms with Gasteiger partial charge in [-0.1, -0.05) is 194 Å². The molecule has 9 aromatic rings. The second kappa shape index (κ2) is 13.9. The van der Waals surface area contributed by atoms with Crippen LogP contribution in [0.15, 0.2) is 212 Å². The maximum Gasteiger partial charge on any atom is -0.00259 e. The molecule has 0 N–H and O–H groups in total. The van der Waals surface area contributed by atoms with E-state index in [1.165, 1.54) is 88.3 Å². The highest BCUT2D eigenvalue weighted by Crippen LogP contribution is 2.45. The monoisotopic (exact) mass is 660 g/mol. The Balaban J connectivity index is 1.23. The van der Waals surface area contributed by atoms with Crippen molar-refractivity contribution in [1.82, 2.24) is 0 Å². The number of hydrogen-bond acceptors (Lipinski definition) is 0. The van der Waals surface area contributed by atoms with E-state index in [4.69, 9.17) is 0 Å². The fourth-order valence-electron chi connectivity index (χ4n) is 7.60. The first-order valence-corrected chi connectivity index (χ1v) is 17.9. The van der Waals surface area contributed by atoms with E-state index in [1.54, 1.807) is 0 Å². The van der Waals surface area contributed by atoms with Crippen molar-refractivity contribution >= 4 is 33.2 Å². The quantitative estimate of drug-likeness (QED) is 0.118. The Morgan fingerprint density at radius 1 is 0.269 bits per heavy atom. The Morgan fingerprint density at radius 3 is 1.04 bits per heavy atom. The van der Waals surface area contributed by atoms with Crippen LogP contribution in [0.4, 0.5) is 0 Å². The Hall–Kier alpha value is -6.76. The van der Waals surface area contributed by atoms with Crippen molar-refractivity contribution in [3.63, 3.8) is 0 Å². The minimum Gasteiger partial charge on any atom is -0.0622 e. The summed E-state index contributed by atoms with van der Waals surface area (Å²) in [4.78, 5) is 0. The van der Waals surface area contributed by atoms with Crippen LogP contribution in [-0.2, 0) is 0 Å². The molecule has 0 heterocycles. The fourth-order valence-corrected chi connectivity index (χ4v) is 7.60. The molecule has 0 heteroatoms. The number of hydrogen-bond donors (Lipinski definition) is 0. The molecule has 52 heavy (non-hydrogen) atoms. The van der Waals surface area contributed by atoms with Gasteiger partial charge in [0.05, 0.1) is 0 Å². The Bertz CT molecular complexity index is 2510. The van der Waals surface area contributed by atoms with Gasteiger partial charge in [0.25, 0.3) is 0 Å². The Morgan fingerprint density at radius 2 is 0.615 bits per heavy atom. The van der Waals surface area contributed by atoms with Gasteiger partial charge in [-0.15, -0.1) is 0 Å². The highest BCUT2D eigenvalue weighted by atomic mass is 14.2. The maximum atomic E-state index is 2.37. The molecule has 0 unspecified atom stereocenters. The highest BCUT2D eigenvalue weighted by Gasteiger charge is 2.18. The van der Waals surface area contributed by atoms with Gasteiger partial charge in [0, 0.05) is 0 Å². The first-order valence-electron chi connectivity index (χ1n) is 17.9. The van der Waals surface area contributed by atoms with Gasteiger partial charge in [0.15, 0.2) is 0 Å². The number of benzene rings is 9. The third-order valence-electron chi connectivity index (χ3n) is 10.0. The summed E-state index contributed by atoms with van der Waals surface area (Å²) < 4.78 is 0. The Kier molecular flexibility index (Phi) is 8.33. The van der Waals surface area contributed by atoms with Crippen molar-refractivity contribution in [3.8, 4) is 44.5 Å². The van der Waals surface area contributed by atoms with Crippen LogP contribution in [0.5, 0.6) is 0 Å². The molecule has 0 aliphatic carbocycles. The van der Waals surface area contributed by atoms with Crippen molar-refractivity contribution in [2.24, 2.45) is 0 Å². The van der Waals surface area contributed by atoms with Crippen LogP contribution in [0.2, 0.25) is 0 Å². The van der Waals surface area contributed by atoms with Gasteiger partial charge in [0.1, 0.15) is 0 Å². The zero-order valence-electron chi connectivity index (χ0n) is 28.8. The normalized spacial score (nSPS) is 11.1. The van der Waals surface area contributed by atoms with E-state index in [2.05, 4.69) is 218 Å². The lowest BCUT2D eigenvalue weighted by atomic mass is 9.84. The van der Waals surface area contributed by atoms with Crippen LogP contribution in [0.1, 0.15) is 16.7 Å². The molecule has 0 radical (unpaired) electrons. The Labute approximate surface area is 305 Å². The third-order valence-corrected chi connectivity index (χ3v) is 10.0.